The molecule has 0 atom stereocenters. The maximum Gasteiger partial charge on any atom is 0.335 e. The molecule has 0 aromatic heterocycles. The maximum absolute atomic E-state index is 12.4. The number of sulfonamides is 1. The van der Waals surface area contributed by atoms with Crippen LogP contribution >= 0.6 is 0 Å². The number of carboxylic acids is 1. The van der Waals surface area contributed by atoms with Gasteiger partial charge in [-0.05, 0) is 61.7 Å². The molecule has 6 heteroatoms. The first-order chi connectivity index (χ1) is 10.2. The summed E-state index contributed by atoms with van der Waals surface area (Å²) in [7, 11) is -3.83. The van der Waals surface area contributed by atoms with Crippen molar-refractivity contribution in [3.63, 3.8) is 0 Å². The highest BCUT2D eigenvalue weighted by atomic mass is 32.2. The zero-order chi connectivity index (χ0) is 16.5. The van der Waals surface area contributed by atoms with Gasteiger partial charge in [-0.3, -0.25) is 4.72 Å². The molecule has 0 aliphatic heterocycles. The first-order valence-electron chi connectivity index (χ1n) is 6.65. The Labute approximate surface area is 129 Å². The van der Waals surface area contributed by atoms with Crippen LogP contribution in [0.1, 0.15) is 27.0 Å². The van der Waals surface area contributed by atoms with E-state index in [2.05, 4.69) is 4.72 Å². The van der Waals surface area contributed by atoms with Gasteiger partial charge in [0, 0.05) is 5.69 Å². The second kappa shape index (κ2) is 5.81. The molecule has 0 radical (unpaired) electrons. The Balaban J connectivity index is 2.40. The van der Waals surface area contributed by atoms with Gasteiger partial charge in [0.1, 0.15) is 0 Å². The minimum atomic E-state index is -3.83. The fraction of sp³-hybridized carbons (Fsp3) is 0.188. The average molecular weight is 319 g/mol. The highest BCUT2D eigenvalue weighted by molar-refractivity contribution is 7.92. The molecule has 0 spiro atoms. The van der Waals surface area contributed by atoms with Crippen LogP contribution in [0.5, 0.6) is 0 Å². The summed E-state index contributed by atoms with van der Waals surface area (Å²) in [4.78, 5) is 11.1. The maximum atomic E-state index is 12.4. The molecule has 116 valence electrons. The van der Waals surface area contributed by atoms with Crippen molar-refractivity contribution < 1.29 is 18.3 Å². The third-order valence-electron chi connectivity index (χ3n) is 3.51. The Morgan fingerprint density at radius 2 is 1.59 bits per heavy atom. The lowest BCUT2D eigenvalue weighted by Crippen LogP contribution is -2.14. The third-order valence-corrected chi connectivity index (χ3v) is 4.89. The number of aryl methyl sites for hydroxylation is 3. The molecule has 5 nitrogen and oxygen atoms in total. The van der Waals surface area contributed by atoms with Gasteiger partial charge < -0.3 is 5.11 Å². The van der Waals surface area contributed by atoms with Crippen molar-refractivity contribution in [2.45, 2.75) is 25.7 Å². The molecular formula is C16H17NO4S. The fourth-order valence-electron chi connectivity index (χ4n) is 2.02. The van der Waals surface area contributed by atoms with Crippen molar-refractivity contribution >= 4 is 21.7 Å². The van der Waals surface area contributed by atoms with Crippen LogP contribution in [0.4, 0.5) is 5.69 Å². The summed E-state index contributed by atoms with van der Waals surface area (Å²) in [5, 5.41) is 9.10. The SMILES string of the molecule is Cc1ccc(NS(=O)(=O)c2ccc(C)c(C(=O)O)c2)cc1C. The molecule has 2 aromatic rings. The first-order valence-corrected chi connectivity index (χ1v) is 8.13. The minimum absolute atomic E-state index is 0.0250. The second-order valence-corrected chi connectivity index (χ2v) is 6.87. The Morgan fingerprint density at radius 1 is 0.955 bits per heavy atom. The van der Waals surface area contributed by atoms with Crippen LogP contribution in [-0.4, -0.2) is 19.5 Å². The molecule has 2 rings (SSSR count). The van der Waals surface area contributed by atoms with E-state index in [1.54, 1.807) is 19.1 Å². The van der Waals surface area contributed by atoms with Crippen LogP contribution in [0.25, 0.3) is 0 Å². The number of anilines is 1. The smallest absolute Gasteiger partial charge is 0.335 e. The van der Waals surface area contributed by atoms with Crippen LogP contribution in [0.3, 0.4) is 0 Å². The zero-order valence-electron chi connectivity index (χ0n) is 12.5. The van der Waals surface area contributed by atoms with Crippen molar-refractivity contribution in [2.75, 3.05) is 4.72 Å². The van der Waals surface area contributed by atoms with Gasteiger partial charge in [-0.1, -0.05) is 12.1 Å². The second-order valence-electron chi connectivity index (χ2n) is 5.19. The molecule has 2 aromatic carbocycles. The normalized spacial score (nSPS) is 11.2. The Bertz CT molecular complexity index is 841. The van der Waals surface area contributed by atoms with Gasteiger partial charge in [0.25, 0.3) is 10.0 Å². The third kappa shape index (κ3) is 3.28. The predicted octanol–water partition coefficient (Wildman–Crippen LogP) is 3.11. The molecule has 0 aliphatic rings. The van der Waals surface area contributed by atoms with Crippen LogP contribution in [0.15, 0.2) is 41.3 Å². The van der Waals surface area contributed by atoms with Crippen LogP contribution < -0.4 is 4.72 Å². The number of rotatable bonds is 4. The largest absolute Gasteiger partial charge is 0.478 e. The van der Waals surface area contributed by atoms with Crippen molar-refractivity contribution in [3.8, 4) is 0 Å². The number of hydrogen-bond donors (Lipinski definition) is 2. The van der Waals surface area contributed by atoms with E-state index < -0.39 is 16.0 Å². The highest BCUT2D eigenvalue weighted by Crippen LogP contribution is 2.21. The molecule has 0 amide bonds. The molecular weight excluding hydrogens is 302 g/mol. The van der Waals surface area contributed by atoms with E-state index in [1.165, 1.54) is 18.2 Å². The van der Waals surface area contributed by atoms with E-state index in [9.17, 15) is 13.2 Å². The summed E-state index contributed by atoms with van der Waals surface area (Å²) >= 11 is 0. The average Bonchev–Trinajstić information content (AvgIpc) is 2.42. The molecule has 0 aliphatic carbocycles. The summed E-state index contributed by atoms with van der Waals surface area (Å²) in [6.07, 6.45) is 0. The van der Waals surface area contributed by atoms with E-state index in [4.69, 9.17) is 5.11 Å². The van der Waals surface area contributed by atoms with E-state index in [0.29, 0.717) is 11.3 Å². The van der Waals surface area contributed by atoms with E-state index >= 15 is 0 Å². The Kier molecular flexibility index (Phi) is 4.23. The molecule has 22 heavy (non-hydrogen) atoms. The lowest BCUT2D eigenvalue weighted by molar-refractivity contribution is 0.0696. The van der Waals surface area contributed by atoms with Gasteiger partial charge in [-0.15, -0.1) is 0 Å². The lowest BCUT2D eigenvalue weighted by Gasteiger charge is -2.11. The summed E-state index contributed by atoms with van der Waals surface area (Å²) in [5.74, 6) is -1.15. The fourth-order valence-corrected chi connectivity index (χ4v) is 3.09. The summed E-state index contributed by atoms with van der Waals surface area (Å²) < 4.78 is 27.2. The van der Waals surface area contributed by atoms with Gasteiger partial charge in [0.05, 0.1) is 10.5 Å². The zero-order valence-corrected chi connectivity index (χ0v) is 13.4. The lowest BCUT2D eigenvalue weighted by atomic mass is 10.1. The number of hydrogen-bond acceptors (Lipinski definition) is 3. The van der Waals surface area contributed by atoms with Gasteiger partial charge in [0.2, 0.25) is 0 Å². The van der Waals surface area contributed by atoms with Crippen molar-refractivity contribution in [3.05, 3.63) is 58.7 Å². The topological polar surface area (TPSA) is 83.5 Å². The predicted molar refractivity (Wildman–Crippen MR) is 84.9 cm³/mol. The Hall–Kier alpha value is -2.34. The van der Waals surface area contributed by atoms with Crippen molar-refractivity contribution in [2.24, 2.45) is 0 Å². The van der Waals surface area contributed by atoms with E-state index in [0.717, 1.165) is 11.1 Å². The van der Waals surface area contributed by atoms with Crippen molar-refractivity contribution in [1.29, 1.82) is 0 Å². The quantitative estimate of drug-likeness (QED) is 0.907. The summed E-state index contributed by atoms with van der Waals surface area (Å²) in [6, 6.07) is 9.28. The molecule has 2 N–H and O–H groups in total. The van der Waals surface area contributed by atoms with Gasteiger partial charge in [0.15, 0.2) is 0 Å². The van der Waals surface area contributed by atoms with Crippen molar-refractivity contribution in [1.82, 2.24) is 0 Å². The number of carbonyl (C=O) groups is 1. The standard InChI is InChI=1S/C16H17NO4S/c1-10-4-6-13(8-12(10)3)17-22(20,21)14-7-5-11(2)15(9-14)16(18)19/h4-9,17H,1-3H3,(H,18,19). The number of carboxylic acid groups (broad SMARTS) is 1. The van der Waals surface area contributed by atoms with Crippen LogP contribution in [-0.2, 0) is 10.0 Å². The van der Waals surface area contributed by atoms with Crippen LogP contribution in [0.2, 0.25) is 0 Å². The summed E-state index contributed by atoms with van der Waals surface area (Å²) in [6.45, 7) is 5.45. The number of nitrogens with one attached hydrogen (secondary N) is 1. The van der Waals surface area contributed by atoms with Gasteiger partial charge in [-0.25, -0.2) is 13.2 Å². The molecule has 0 saturated carbocycles. The number of aromatic carboxylic acids is 1. The number of benzene rings is 2. The summed E-state index contributed by atoms with van der Waals surface area (Å²) in [5.41, 5.74) is 2.96. The molecule has 0 fully saturated rings. The Morgan fingerprint density at radius 3 is 2.18 bits per heavy atom. The van der Waals surface area contributed by atoms with Gasteiger partial charge >= 0.3 is 5.97 Å². The molecule has 0 bridgehead atoms. The van der Waals surface area contributed by atoms with Crippen LogP contribution in [0, 0.1) is 20.8 Å². The molecule has 0 saturated heterocycles. The highest BCUT2D eigenvalue weighted by Gasteiger charge is 2.18. The van der Waals surface area contributed by atoms with Gasteiger partial charge in [-0.2, -0.15) is 0 Å². The van der Waals surface area contributed by atoms with E-state index in [-0.39, 0.29) is 10.5 Å². The minimum Gasteiger partial charge on any atom is -0.478 e. The monoisotopic (exact) mass is 319 g/mol. The van der Waals surface area contributed by atoms with E-state index in [1.807, 2.05) is 19.9 Å². The molecule has 0 heterocycles. The molecule has 0 unspecified atom stereocenters. The first kappa shape index (κ1) is 16.0.